The van der Waals surface area contributed by atoms with E-state index in [9.17, 15) is 13.9 Å². The Kier molecular flexibility index (Phi) is 5.08. The van der Waals surface area contributed by atoms with Gasteiger partial charge < -0.3 is 20.3 Å². The van der Waals surface area contributed by atoms with E-state index in [-0.39, 0.29) is 18.0 Å². The Balaban J connectivity index is 3.10. The van der Waals surface area contributed by atoms with Crippen LogP contribution < -0.4 is 15.2 Å². The van der Waals surface area contributed by atoms with Gasteiger partial charge in [-0.1, -0.05) is 19.9 Å². The van der Waals surface area contributed by atoms with Gasteiger partial charge in [0.2, 0.25) is 0 Å². The zero-order chi connectivity index (χ0) is 14.6. The summed E-state index contributed by atoms with van der Waals surface area (Å²) in [5.41, 5.74) is 5.46. The maximum atomic E-state index is 12.3. The Bertz CT molecular complexity index is 424. The molecule has 1 aromatic rings. The molecule has 1 rings (SSSR count). The quantitative estimate of drug-likeness (QED) is 0.836. The second-order valence-corrected chi connectivity index (χ2v) is 4.88. The van der Waals surface area contributed by atoms with Gasteiger partial charge in [0, 0.05) is 12.0 Å². The summed E-state index contributed by atoms with van der Waals surface area (Å²) >= 11 is 0. The first-order valence-electron chi connectivity index (χ1n) is 5.82. The Hall–Kier alpha value is -1.40. The number of halogens is 2. The number of alkyl halides is 2. The predicted octanol–water partition coefficient (Wildman–Crippen LogP) is 2.31. The maximum Gasteiger partial charge on any atom is 0.387 e. The predicted molar refractivity (Wildman–Crippen MR) is 67.4 cm³/mol. The Labute approximate surface area is 111 Å². The largest absolute Gasteiger partial charge is 0.493 e. The van der Waals surface area contributed by atoms with Crippen LogP contribution in [-0.4, -0.2) is 25.4 Å². The fourth-order valence-electron chi connectivity index (χ4n) is 1.61. The molecule has 0 aliphatic rings. The second-order valence-electron chi connectivity index (χ2n) is 4.88. The van der Waals surface area contributed by atoms with Gasteiger partial charge >= 0.3 is 6.61 Å². The third kappa shape index (κ3) is 3.78. The summed E-state index contributed by atoms with van der Waals surface area (Å²) in [6.45, 7) is 0.875. The molecule has 1 atom stereocenters. The normalized spacial score (nSPS) is 13.5. The van der Waals surface area contributed by atoms with Gasteiger partial charge in [0.25, 0.3) is 0 Å². The molecule has 0 saturated heterocycles. The Morgan fingerprint density at radius 3 is 2.42 bits per heavy atom. The maximum absolute atomic E-state index is 12.3. The van der Waals surface area contributed by atoms with Crippen LogP contribution in [0.25, 0.3) is 0 Å². The topological polar surface area (TPSA) is 64.7 Å². The SMILES string of the molecule is COc1ccc(C(O)C(C)(C)CN)cc1OC(F)F. The van der Waals surface area contributed by atoms with Crippen molar-refractivity contribution in [2.45, 2.75) is 26.6 Å². The van der Waals surface area contributed by atoms with Crippen LogP contribution in [0.2, 0.25) is 0 Å². The van der Waals surface area contributed by atoms with Crippen molar-refractivity contribution in [2.75, 3.05) is 13.7 Å². The van der Waals surface area contributed by atoms with E-state index in [1.165, 1.54) is 19.2 Å². The molecule has 1 unspecified atom stereocenters. The summed E-state index contributed by atoms with van der Waals surface area (Å²) in [7, 11) is 1.35. The third-order valence-corrected chi connectivity index (χ3v) is 2.99. The van der Waals surface area contributed by atoms with E-state index < -0.39 is 18.1 Å². The summed E-state index contributed by atoms with van der Waals surface area (Å²) in [5.74, 6) is 0.0728. The number of hydrogen-bond acceptors (Lipinski definition) is 4. The van der Waals surface area contributed by atoms with Gasteiger partial charge in [-0.25, -0.2) is 0 Å². The molecule has 0 aliphatic heterocycles. The molecular weight excluding hydrogens is 256 g/mol. The monoisotopic (exact) mass is 275 g/mol. The van der Waals surface area contributed by atoms with Crippen LogP contribution in [0.4, 0.5) is 8.78 Å². The van der Waals surface area contributed by atoms with Gasteiger partial charge in [0.1, 0.15) is 0 Å². The van der Waals surface area contributed by atoms with E-state index in [4.69, 9.17) is 10.5 Å². The van der Waals surface area contributed by atoms with E-state index >= 15 is 0 Å². The lowest BCUT2D eigenvalue weighted by atomic mass is 9.83. The Morgan fingerprint density at radius 1 is 1.32 bits per heavy atom. The lowest BCUT2D eigenvalue weighted by molar-refractivity contribution is -0.0514. The van der Waals surface area contributed by atoms with Crippen LogP contribution in [0, 0.1) is 5.41 Å². The summed E-state index contributed by atoms with van der Waals surface area (Å²) in [6, 6.07) is 4.41. The highest BCUT2D eigenvalue weighted by Gasteiger charge is 2.28. The number of aliphatic hydroxyl groups is 1. The average molecular weight is 275 g/mol. The van der Waals surface area contributed by atoms with Crippen molar-refractivity contribution in [1.82, 2.24) is 0 Å². The number of hydrogen-bond donors (Lipinski definition) is 2. The van der Waals surface area contributed by atoms with Crippen molar-refractivity contribution >= 4 is 0 Å². The molecule has 6 heteroatoms. The first-order chi connectivity index (χ1) is 8.81. The molecule has 0 amide bonds. The summed E-state index contributed by atoms with van der Waals surface area (Å²) in [5, 5.41) is 10.2. The molecule has 0 heterocycles. The molecule has 0 saturated carbocycles. The van der Waals surface area contributed by atoms with Crippen LogP contribution in [0.3, 0.4) is 0 Å². The van der Waals surface area contributed by atoms with Crippen molar-refractivity contribution < 1.29 is 23.4 Å². The van der Waals surface area contributed by atoms with Crippen LogP contribution in [0.5, 0.6) is 11.5 Å². The highest BCUT2D eigenvalue weighted by molar-refractivity contribution is 5.43. The van der Waals surface area contributed by atoms with Gasteiger partial charge in [-0.2, -0.15) is 8.78 Å². The minimum Gasteiger partial charge on any atom is -0.493 e. The lowest BCUT2D eigenvalue weighted by Crippen LogP contribution is -2.30. The van der Waals surface area contributed by atoms with Gasteiger partial charge in [0.05, 0.1) is 13.2 Å². The molecular formula is C13H19F2NO3. The van der Waals surface area contributed by atoms with E-state index in [0.717, 1.165) is 0 Å². The highest BCUT2D eigenvalue weighted by atomic mass is 19.3. The molecule has 0 bridgehead atoms. The smallest absolute Gasteiger partial charge is 0.387 e. The number of rotatable bonds is 6. The molecule has 19 heavy (non-hydrogen) atoms. The van der Waals surface area contributed by atoms with Crippen molar-refractivity contribution in [3.8, 4) is 11.5 Å². The standard InChI is InChI=1S/C13H19F2NO3/c1-13(2,7-16)11(17)8-4-5-9(18-3)10(6-8)19-12(14)15/h4-6,11-12,17H,7,16H2,1-3H3. The van der Waals surface area contributed by atoms with E-state index in [0.29, 0.717) is 5.56 Å². The molecule has 0 aromatic heterocycles. The number of methoxy groups -OCH3 is 1. The fourth-order valence-corrected chi connectivity index (χ4v) is 1.61. The van der Waals surface area contributed by atoms with Crippen molar-refractivity contribution in [3.63, 3.8) is 0 Å². The molecule has 0 spiro atoms. The molecule has 0 radical (unpaired) electrons. The van der Waals surface area contributed by atoms with Crippen LogP contribution in [0.15, 0.2) is 18.2 Å². The van der Waals surface area contributed by atoms with Crippen LogP contribution in [-0.2, 0) is 0 Å². The van der Waals surface area contributed by atoms with Gasteiger partial charge in [0.15, 0.2) is 11.5 Å². The van der Waals surface area contributed by atoms with Crippen molar-refractivity contribution in [2.24, 2.45) is 11.1 Å². The minimum atomic E-state index is -2.95. The number of ether oxygens (including phenoxy) is 2. The first kappa shape index (κ1) is 15.7. The lowest BCUT2D eigenvalue weighted by Gasteiger charge is -2.29. The first-order valence-corrected chi connectivity index (χ1v) is 5.82. The molecule has 4 nitrogen and oxygen atoms in total. The molecule has 108 valence electrons. The van der Waals surface area contributed by atoms with Gasteiger partial charge in [-0.15, -0.1) is 0 Å². The fraction of sp³-hybridized carbons (Fsp3) is 0.538. The van der Waals surface area contributed by atoms with E-state index in [1.54, 1.807) is 19.9 Å². The zero-order valence-corrected chi connectivity index (χ0v) is 11.2. The average Bonchev–Trinajstić information content (AvgIpc) is 2.37. The second kappa shape index (κ2) is 6.16. The zero-order valence-electron chi connectivity index (χ0n) is 11.2. The highest BCUT2D eigenvalue weighted by Crippen LogP contribution is 2.37. The van der Waals surface area contributed by atoms with E-state index in [2.05, 4.69) is 4.74 Å². The number of aliphatic hydroxyl groups excluding tert-OH is 1. The molecule has 0 fully saturated rings. The molecule has 0 aliphatic carbocycles. The summed E-state index contributed by atoms with van der Waals surface area (Å²) in [6.07, 6.45) is -0.886. The summed E-state index contributed by atoms with van der Waals surface area (Å²) in [4.78, 5) is 0. The van der Waals surface area contributed by atoms with Gasteiger partial charge in [-0.3, -0.25) is 0 Å². The van der Waals surface area contributed by atoms with Gasteiger partial charge in [-0.05, 0) is 17.7 Å². The summed E-state index contributed by atoms with van der Waals surface area (Å²) < 4.78 is 33.9. The molecule has 1 aromatic carbocycles. The number of nitrogens with two attached hydrogens (primary N) is 1. The van der Waals surface area contributed by atoms with Crippen LogP contribution >= 0.6 is 0 Å². The van der Waals surface area contributed by atoms with Crippen molar-refractivity contribution in [1.29, 1.82) is 0 Å². The van der Waals surface area contributed by atoms with Crippen molar-refractivity contribution in [3.05, 3.63) is 23.8 Å². The number of benzene rings is 1. The third-order valence-electron chi connectivity index (χ3n) is 2.99. The molecule has 3 N–H and O–H groups in total. The van der Waals surface area contributed by atoms with E-state index in [1.807, 2.05) is 0 Å². The Morgan fingerprint density at radius 2 is 1.95 bits per heavy atom. The minimum absolute atomic E-state index is 0.109. The van der Waals surface area contributed by atoms with Crippen LogP contribution in [0.1, 0.15) is 25.5 Å².